The molecule has 1 aliphatic heterocycles. The summed E-state index contributed by atoms with van der Waals surface area (Å²) in [5.74, 6) is 0.727. The number of halogens is 1. The average Bonchev–Trinajstić information content (AvgIpc) is 2.56. The van der Waals surface area contributed by atoms with Crippen molar-refractivity contribution in [1.29, 1.82) is 0 Å². The van der Waals surface area contributed by atoms with Crippen molar-refractivity contribution in [2.45, 2.75) is 20.3 Å². The molecule has 1 saturated heterocycles. The van der Waals surface area contributed by atoms with Crippen LogP contribution in [0.15, 0.2) is 36.7 Å². The molecule has 1 atom stereocenters. The van der Waals surface area contributed by atoms with Crippen molar-refractivity contribution >= 4 is 5.95 Å². The van der Waals surface area contributed by atoms with E-state index in [0.717, 1.165) is 43.3 Å². The van der Waals surface area contributed by atoms with Crippen LogP contribution in [0.25, 0.3) is 0 Å². The zero-order valence-corrected chi connectivity index (χ0v) is 12.1. The molecular weight excluding hydrogens is 279 g/mol. The Bertz CT molecular complexity index is 577. The van der Waals surface area contributed by atoms with Gasteiger partial charge in [-0.3, -0.25) is 0 Å². The SMILES string of the molecule is C.CC(c1ccc(F)cc1)c1cnc(N2CCNCC2)nc1. The van der Waals surface area contributed by atoms with Crippen molar-refractivity contribution in [2.75, 3.05) is 31.1 Å². The smallest absolute Gasteiger partial charge is 0.225 e. The summed E-state index contributed by atoms with van der Waals surface area (Å²) < 4.78 is 13.0. The number of nitrogens with one attached hydrogen (secondary N) is 1. The van der Waals surface area contributed by atoms with Crippen LogP contribution in [-0.4, -0.2) is 36.1 Å². The summed E-state index contributed by atoms with van der Waals surface area (Å²) in [6, 6.07) is 6.60. The summed E-state index contributed by atoms with van der Waals surface area (Å²) in [4.78, 5) is 11.1. The molecule has 0 radical (unpaired) electrons. The Kier molecular flexibility index (Phi) is 5.44. The van der Waals surface area contributed by atoms with E-state index < -0.39 is 0 Å². The van der Waals surface area contributed by atoms with Crippen molar-refractivity contribution in [3.8, 4) is 0 Å². The second-order valence-electron chi connectivity index (χ2n) is 5.33. The van der Waals surface area contributed by atoms with Crippen molar-refractivity contribution in [3.05, 3.63) is 53.6 Å². The lowest BCUT2D eigenvalue weighted by molar-refractivity contribution is 0.579. The number of piperazine rings is 1. The van der Waals surface area contributed by atoms with Gasteiger partial charge in [0.2, 0.25) is 5.95 Å². The van der Waals surface area contributed by atoms with E-state index in [9.17, 15) is 4.39 Å². The quantitative estimate of drug-likeness (QED) is 0.946. The molecule has 2 heterocycles. The number of aromatic nitrogens is 2. The van der Waals surface area contributed by atoms with E-state index in [1.165, 1.54) is 12.1 Å². The zero-order chi connectivity index (χ0) is 14.7. The number of hydrogen-bond acceptors (Lipinski definition) is 4. The largest absolute Gasteiger partial charge is 0.338 e. The standard InChI is InChI=1S/C16H19FN4.CH4/c1-12(13-2-4-15(17)5-3-13)14-10-19-16(20-11-14)21-8-6-18-7-9-21;/h2-5,10-12,18H,6-9H2,1H3;1H4. The van der Waals surface area contributed by atoms with Gasteiger partial charge in [-0.1, -0.05) is 26.5 Å². The van der Waals surface area contributed by atoms with Gasteiger partial charge in [0.25, 0.3) is 0 Å². The third kappa shape index (κ3) is 3.60. The molecule has 0 spiro atoms. The molecule has 0 bridgehead atoms. The normalized spacial score (nSPS) is 16.0. The maximum atomic E-state index is 13.0. The maximum Gasteiger partial charge on any atom is 0.225 e. The molecule has 3 rings (SSSR count). The highest BCUT2D eigenvalue weighted by Gasteiger charge is 2.14. The molecule has 1 N–H and O–H groups in total. The lowest BCUT2D eigenvalue weighted by Gasteiger charge is -2.27. The van der Waals surface area contributed by atoms with E-state index in [0.29, 0.717) is 0 Å². The minimum absolute atomic E-state index is 0. The topological polar surface area (TPSA) is 41.1 Å². The predicted molar refractivity (Wildman–Crippen MR) is 87.8 cm³/mol. The number of rotatable bonds is 3. The highest BCUT2D eigenvalue weighted by atomic mass is 19.1. The van der Waals surface area contributed by atoms with Crippen LogP contribution in [-0.2, 0) is 0 Å². The Labute approximate surface area is 131 Å². The Morgan fingerprint density at radius 1 is 1.05 bits per heavy atom. The Balaban J connectivity index is 0.00000176. The predicted octanol–water partition coefficient (Wildman–Crippen LogP) is 2.81. The molecule has 1 aromatic heterocycles. The van der Waals surface area contributed by atoms with E-state index in [2.05, 4.69) is 27.1 Å². The third-order valence-corrected chi connectivity index (χ3v) is 3.93. The van der Waals surface area contributed by atoms with Crippen LogP contribution in [0.5, 0.6) is 0 Å². The first-order valence-electron chi connectivity index (χ1n) is 7.27. The minimum Gasteiger partial charge on any atom is -0.338 e. The van der Waals surface area contributed by atoms with Crippen LogP contribution in [0.1, 0.15) is 31.4 Å². The summed E-state index contributed by atoms with van der Waals surface area (Å²) in [6.45, 7) is 5.89. The molecule has 118 valence electrons. The van der Waals surface area contributed by atoms with Crippen LogP contribution < -0.4 is 10.2 Å². The molecule has 22 heavy (non-hydrogen) atoms. The summed E-state index contributed by atoms with van der Waals surface area (Å²) in [5, 5.41) is 3.31. The Morgan fingerprint density at radius 2 is 1.64 bits per heavy atom. The van der Waals surface area contributed by atoms with Gasteiger partial charge in [0.05, 0.1) is 0 Å². The first kappa shape index (κ1) is 16.4. The molecule has 4 nitrogen and oxygen atoms in total. The molecule has 5 heteroatoms. The summed E-state index contributed by atoms with van der Waals surface area (Å²) in [6.07, 6.45) is 3.75. The molecule has 0 saturated carbocycles. The monoisotopic (exact) mass is 302 g/mol. The van der Waals surface area contributed by atoms with Crippen LogP contribution in [0.3, 0.4) is 0 Å². The van der Waals surface area contributed by atoms with Crippen molar-refractivity contribution < 1.29 is 4.39 Å². The molecule has 1 fully saturated rings. The van der Waals surface area contributed by atoms with Gasteiger partial charge >= 0.3 is 0 Å². The first-order valence-corrected chi connectivity index (χ1v) is 7.27. The van der Waals surface area contributed by atoms with Gasteiger partial charge in [0.15, 0.2) is 0 Å². The molecule has 0 amide bonds. The molecular formula is C17H23FN4. The van der Waals surface area contributed by atoms with Crippen LogP contribution in [0.4, 0.5) is 10.3 Å². The van der Waals surface area contributed by atoms with Crippen molar-refractivity contribution in [1.82, 2.24) is 15.3 Å². The molecule has 1 aliphatic rings. The lowest BCUT2D eigenvalue weighted by Crippen LogP contribution is -2.44. The van der Waals surface area contributed by atoms with E-state index in [-0.39, 0.29) is 19.2 Å². The average molecular weight is 302 g/mol. The van der Waals surface area contributed by atoms with Gasteiger partial charge in [-0.15, -0.1) is 0 Å². The van der Waals surface area contributed by atoms with E-state index >= 15 is 0 Å². The fourth-order valence-corrected chi connectivity index (χ4v) is 2.53. The highest BCUT2D eigenvalue weighted by Crippen LogP contribution is 2.23. The second-order valence-corrected chi connectivity index (χ2v) is 5.33. The molecule has 0 aliphatic carbocycles. The van der Waals surface area contributed by atoms with Crippen LogP contribution in [0, 0.1) is 5.82 Å². The zero-order valence-electron chi connectivity index (χ0n) is 12.1. The molecule has 1 aromatic carbocycles. The van der Waals surface area contributed by atoms with Gasteiger partial charge in [-0.05, 0) is 23.3 Å². The summed E-state index contributed by atoms with van der Waals surface area (Å²) >= 11 is 0. The minimum atomic E-state index is -0.212. The Hall–Kier alpha value is -2.01. The number of hydrogen-bond donors (Lipinski definition) is 1. The van der Waals surface area contributed by atoms with Crippen LogP contribution in [0.2, 0.25) is 0 Å². The lowest BCUT2D eigenvalue weighted by atomic mass is 9.95. The van der Waals surface area contributed by atoms with E-state index in [4.69, 9.17) is 0 Å². The van der Waals surface area contributed by atoms with Gasteiger partial charge in [0.1, 0.15) is 5.82 Å². The van der Waals surface area contributed by atoms with Crippen molar-refractivity contribution in [2.24, 2.45) is 0 Å². The van der Waals surface area contributed by atoms with Crippen molar-refractivity contribution in [3.63, 3.8) is 0 Å². The summed E-state index contributed by atoms with van der Waals surface area (Å²) in [5.41, 5.74) is 2.11. The fourth-order valence-electron chi connectivity index (χ4n) is 2.53. The van der Waals surface area contributed by atoms with Gasteiger partial charge in [-0.25, -0.2) is 14.4 Å². The molecule has 2 aromatic rings. The number of benzene rings is 1. The van der Waals surface area contributed by atoms with Crippen LogP contribution >= 0.6 is 0 Å². The fraction of sp³-hybridized carbons (Fsp3) is 0.412. The van der Waals surface area contributed by atoms with E-state index in [1.807, 2.05) is 24.5 Å². The van der Waals surface area contributed by atoms with Gasteiger partial charge in [-0.2, -0.15) is 0 Å². The van der Waals surface area contributed by atoms with Gasteiger partial charge < -0.3 is 10.2 Å². The third-order valence-electron chi connectivity index (χ3n) is 3.93. The Morgan fingerprint density at radius 3 is 2.23 bits per heavy atom. The van der Waals surface area contributed by atoms with E-state index in [1.54, 1.807) is 0 Å². The maximum absolute atomic E-state index is 13.0. The first-order chi connectivity index (χ1) is 10.2. The van der Waals surface area contributed by atoms with Gasteiger partial charge in [0, 0.05) is 44.5 Å². The molecule has 1 unspecified atom stereocenters. The second kappa shape index (κ2) is 7.31. The number of nitrogens with zero attached hydrogens (tertiary/aromatic N) is 3. The highest BCUT2D eigenvalue weighted by molar-refractivity contribution is 5.34. The summed E-state index contributed by atoms with van der Waals surface area (Å²) in [7, 11) is 0. The number of anilines is 1.